The molecule has 1 fully saturated rings. The highest BCUT2D eigenvalue weighted by Gasteiger charge is 2.15. The largest absolute Gasteiger partial charge is 0.477 e. The van der Waals surface area contributed by atoms with Crippen molar-refractivity contribution in [1.29, 1.82) is 0 Å². The normalized spacial score (nSPS) is 16.1. The number of nitrogens with one attached hydrogen (secondary N) is 1. The van der Waals surface area contributed by atoms with Crippen LogP contribution in [-0.4, -0.2) is 37.8 Å². The van der Waals surface area contributed by atoms with E-state index in [1.807, 2.05) is 0 Å². The molecule has 0 spiro atoms. The average molecular weight is 266 g/mol. The molecule has 0 unspecified atom stereocenters. The lowest BCUT2D eigenvalue weighted by molar-refractivity contribution is 0.0488. The summed E-state index contributed by atoms with van der Waals surface area (Å²) in [4.78, 5) is 20.2. The standard InChI is InChI=1S/C13H18N2O4/c1-17-15-13(16)11-2-5-14-12(8-11)19-9-10-3-6-18-7-4-10/h2,5,8,10H,3-4,6-7,9H2,1H3,(H,15,16). The maximum absolute atomic E-state index is 11.6. The Morgan fingerprint density at radius 1 is 1.53 bits per heavy atom. The van der Waals surface area contributed by atoms with Gasteiger partial charge in [0.1, 0.15) is 0 Å². The Balaban J connectivity index is 1.89. The minimum Gasteiger partial charge on any atom is -0.477 e. The number of carbonyl (C=O) groups excluding carboxylic acids is 1. The van der Waals surface area contributed by atoms with E-state index in [1.165, 1.54) is 7.11 Å². The fraction of sp³-hybridized carbons (Fsp3) is 0.538. The zero-order valence-corrected chi connectivity index (χ0v) is 10.9. The van der Waals surface area contributed by atoms with Crippen molar-refractivity contribution >= 4 is 5.91 Å². The van der Waals surface area contributed by atoms with Crippen molar-refractivity contribution in [3.05, 3.63) is 23.9 Å². The second kappa shape index (κ2) is 7.06. The van der Waals surface area contributed by atoms with Crippen molar-refractivity contribution in [2.75, 3.05) is 26.9 Å². The molecule has 0 aromatic carbocycles. The summed E-state index contributed by atoms with van der Waals surface area (Å²) in [6, 6.07) is 3.21. The molecule has 1 aromatic rings. The first-order valence-electron chi connectivity index (χ1n) is 6.29. The second-order valence-electron chi connectivity index (χ2n) is 4.38. The van der Waals surface area contributed by atoms with E-state index in [0.29, 0.717) is 24.0 Å². The lowest BCUT2D eigenvalue weighted by atomic mass is 10.0. The van der Waals surface area contributed by atoms with Gasteiger partial charge >= 0.3 is 0 Å². The summed E-state index contributed by atoms with van der Waals surface area (Å²) in [5, 5.41) is 0. The van der Waals surface area contributed by atoms with Gasteiger partial charge < -0.3 is 9.47 Å². The zero-order valence-electron chi connectivity index (χ0n) is 10.9. The molecule has 1 aliphatic rings. The van der Waals surface area contributed by atoms with Crippen molar-refractivity contribution < 1.29 is 19.1 Å². The molecule has 104 valence electrons. The molecule has 0 radical (unpaired) electrons. The predicted molar refractivity (Wildman–Crippen MR) is 67.8 cm³/mol. The molecule has 6 nitrogen and oxygen atoms in total. The summed E-state index contributed by atoms with van der Waals surface area (Å²) in [6.07, 6.45) is 3.55. The SMILES string of the molecule is CONC(=O)c1ccnc(OCC2CCOCC2)c1. The Morgan fingerprint density at radius 2 is 2.32 bits per heavy atom. The van der Waals surface area contributed by atoms with Gasteiger partial charge in [-0.2, -0.15) is 0 Å². The second-order valence-corrected chi connectivity index (χ2v) is 4.38. The number of ether oxygens (including phenoxy) is 2. The van der Waals surface area contributed by atoms with Crippen LogP contribution >= 0.6 is 0 Å². The summed E-state index contributed by atoms with van der Waals surface area (Å²) in [6.45, 7) is 2.18. The lowest BCUT2D eigenvalue weighted by Crippen LogP contribution is -2.23. The Kier molecular flexibility index (Phi) is 5.11. The van der Waals surface area contributed by atoms with Crippen LogP contribution in [0.4, 0.5) is 0 Å². The van der Waals surface area contributed by atoms with Crippen molar-refractivity contribution in [3.8, 4) is 5.88 Å². The van der Waals surface area contributed by atoms with Crippen LogP contribution in [0.5, 0.6) is 5.88 Å². The van der Waals surface area contributed by atoms with Crippen molar-refractivity contribution in [3.63, 3.8) is 0 Å². The number of hydrogen-bond donors (Lipinski definition) is 1. The average Bonchev–Trinajstić information content (AvgIpc) is 2.47. The number of nitrogens with zero attached hydrogens (tertiary/aromatic N) is 1. The Labute approximate surface area is 112 Å². The van der Waals surface area contributed by atoms with Gasteiger partial charge in [-0.25, -0.2) is 10.5 Å². The van der Waals surface area contributed by atoms with Gasteiger partial charge in [-0.15, -0.1) is 0 Å². The van der Waals surface area contributed by atoms with E-state index in [1.54, 1.807) is 18.3 Å². The van der Waals surface area contributed by atoms with Crippen LogP contribution in [0.15, 0.2) is 18.3 Å². The fourth-order valence-corrected chi connectivity index (χ4v) is 1.90. The van der Waals surface area contributed by atoms with Crippen LogP contribution < -0.4 is 10.2 Å². The summed E-state index contributed by atoms with van der Waals surface area (Å²) in [5.74, 6) is 0.628. The quantitative estimate of drug-likeness (QED) is 0.810. The number of aromatic nitrogens is 1. The highest BCUT2D eigenvalue weighted by molar-refractivity contribution is 5.93. The van der Waals surface area contributed by atoms with Crippen molar-refractivity contribution in [2.45, 2.75) is 12.8 Å². The third kappa shape index (κ3) is 4.18. The van der Waals surface area contributed by atoms with Gasteiger partial charge in [0.25, 0.3) is 5.91 Å². The molecule has 2 rings (SSSR count). The van der Waals surface area contributed by atoms with E-state index in [-0.39, 0.29) is 5.91 Å². The van der Waals surface area contributed by atoms with E-state index in [9.17, 15) is 4.79 Å². The molecule has 1 aromatic heterocycles. The number of rotatable bonds is 5. The van der Waals surface area contributed by atoms with E-state index in [0.717, 1.165) is 26.1 Å². The molecule has 0 atom stereocenters. The van der Waals surface area contributed by atoms with E-state index in [2.05, 4.69) is 15.3 Å². The Bertz CT molecular complexity index is 419. The predicted octanol–water partition coefficient (Wildman–Crippen LogP) is 1.18. The highest BCUT2D eigenvalue weighted by atomic mass is 16.6. The maximum atomic E-state index is 11.6. The molecule has 0 aliphatic carbocycles. The minimum absolute atomic E-state index is 0.319. The number of pyridine rings is 1. The van der Waals surface area contributed by atoms with Gasteiger partial charge in [0, 0.05) is 31.0 Å². The smallest absolute Gasteiger partial charge is 0.275 e. The summed E-state index contributed by atoms with van der Waals surface area (Å²) in [7, 11) is 1.39. The molecule has 1 saturated heterocycles. The zero-order chi connectivity index (χ0) is 13.5. The van der Waals surface area contributed by atoms with Crippen LogP contribution in [0, 0.1) is 5.92 Å². The van der Waals surface area contributed by atoms with Gasteiger partial charge in [-0.05, 0) is 24.8 Å². The first-order valence-corrected chi connectivity index (χ1v) is 6.29. The molecular weight excluding hydrogens is 248 g/mol. The maximum Gasteiger partial charge on any atom is 0.275 e. The molecule has 1 aliphatic heterocycles. The Morgan fingerprint density at radius 3 is 3.05 bits per heavy atom. The summed E-state index contributed by atoms with van der Waals surface area (Å²) < 4.78 is 10.9. The molecule has 6 heteroatoms. The molecular formula is C13H18N2O4. The number of hydroxylamine groups is 1. The molecule has 2 heterocycles. The molecule has 0 saturated carbocycles. The summed E-state index contributed by atoms with van der Waals surface area (Å²) in [5.41, 5.74) is 2.71. The van der Waals surface area contributed by atoms with Gasteiger partial charge in [0.2, 0.25) is 5.88 Å². The molecule has 1 amide bonds. The first kappa shape index (κ1) is 13.8. The fourth-order valence-electron chi connectivity index (χ4n) is 1.90. The highest BCUT2D eigenvalue weighted by Crippen LogP contribution is 2.17. The first-order chi connectivity index (χ1) is 9.29. The van der Waals surface area contributed by atoms with Gasteiger partial charge in [0.15, 0.2) is 0 Å². The number of amides is 1. The van der Waals surface area contributed by atoms with Crippen LogP contribution in [0.25, 0.3) is 0 Å². The van der Waals surface area contributed by atoms with Gasteiger partial charge in [0.05, 0.1) is 13.7 Å². The number of hydrogen-bond acceptors (Lipinski definition) is 5. The molecule has 1 N–H and O–H groups in total. The third-order valence-electron chi connectivity index (χ3n) is 3.00. The van der Waals surface area contributed by atoms with Crippen molar-refractivity contribution in [2.24, 2.45) is 5.92 Å². The topological polar surface area (TPSA) is 69.7 Å². The van der Waals surface area contributed by atoms with Crippen LogP contribution in [0.2, 0.25) is 0 Å². The van der Waals surface area contributed by atoms with Crippen LogP contribution in [-0.2, 0) is 9.57 Å². The number of carbonyl (C=O) groups is 1. The van der Waals surface area contributed by atoms with Gasteiger partial charge in [-0.1, -0.05) is 0 Å². The van der Waals surface area contributed by atoms with Crippen LogP contribution in [0.3, 0.4) is 0 Å². The minimum atomic E-state index is -0.319. The lowest BCUT2D eigenvalue weighted by Gasteiger charge is -2.21. The molecule has 19 heavy (non-hydrogen) atoms. The van der Waals surface area contributed by atoms with E-state index in [4.69, 9.17) is 9.47 Å². The monoisotopic (exact) mass is 266 g/mol. The van der Waals surface area contributed by atoms with Gasteiger partial charge in [-0.3, -0.25) is 9.63 Å². The van der Waals surface area contributed by atoms with E-state index < -0.39 is 0 Å². The van der Waals surface area contributed by atoms with Crippen molar-refractivity contribution in [1.82, 2.24) is 10.5 Å². The van der Waals surface area contributed by atoms with E-state index >= 15 is 0 Å². The third-order valence-corrected chi connectivity index (χ3v) is 3.00. The molecule has 0 bridgehead atoms. The summed E-state index contributed by atoms with van der Waals surface area (Å²) >= 11 is 0. The van der Waals surface area contributed by atoms with Crippen LogP contribution in [0.1, 0.15) is 23.2 Å². The Hall–Kier alpha value is -1.66.